The third-order valence-corrected chi connectivity index (χ3v) is 4.76. The molecule has 2 aliphatic rings. The first kappa shape index (κ1) is 14.4. The van der Waals surface area contributed by atoms with E-state index in [0.29, 0.717) is 30.0 Å². The Bertz CT molecular complexity index is 512. The van der Waals surface area contributed by atoms with Gasteiger partial charge in [-0.2, -0.15) is 0 Å². The number of nitrogen functional groups attached to an aromatic ring is 1. The van der Waals surface area contributed by atoms with Gasteiger partial charge >= 0.3 is 0 Å². The molecule has 0 saturated carbocycles. The minimum absolute atomic E-state index is 0.0238. The zero-order valence-corrected chi connectivity index (χ0v) is 12.4. The predicted octanol–water partition coefficient (Wildman–Crippen LogP) is 1.50. The second-order valence-corrected chi connectivity index (χ2v) is 6.27. The number of piperidine rings is 1. The minimum atomic E-state index is -0.200. The van der Waals surface area contributed by atoms with Crippen LogP contribution >= 0.6 is 0 Å². The van der Waals surface area contributed by atoms with Crippen LogP contribution in [0, 0.1) is 6.92 Å². The number of para-hydroxylation sites is 1. The van der Waals surface area contributed by atoms with Gasteiger partial charge in [0.05, 0.1) is 24.0 Å². The number of carbonyl (C=O) groups is 1. The van der Waals surface area contributed by atoms with Gasteiger partial charge in [0.15, 0.2) is 0 Å². The molecular formula is C16H23N3O2. The SMILES string of the molecule is Cc1cccc(N)c1NC(=O)CN1C2CCC1CC(O)C2. The van der Waals surface area contributed by atoms with Gasteiger partial charge in [0.25, 0.3) is 0 Å². The van der Waals surface area contributed by atoms with Crippen molar-refractivity contribution in [1.29, 1.82) is 0 Å². The highest BCUT2D eigenvalue weighted by Gasteiger charge is 2.40. The van der Waals surface area contributed by atoms with Crippen LogP contribution in [0.2, 0.25) is 0 Å². The average Bonchev–Trinajstić information content (AvgIpc) is 2.67. The normalized spacial score (nSPS) is 28.6. The molecule has 0 aliphatic carbocycles. The number of nitrogens with zero attached hydrogens (tertiary/aromatic N) is 1. The fourth-order valence-electron chi connectivity index (χ4n) is 3.71. The summed E-state index contributed by atoms with van der Waals surface area (Å²) in [5.41, 5.74) is 8.21. The van der Waals surface area contributed by atoms with Gasteiger partial charge in [0.2, 0.25) is 5.91 Å². The van der Waals surface area contributed by atoms with Crippen molar-refractivity contribution in [3.05, 3.63) is 23.8 Å². The lowest BCUT2D eigenvalue weighted by molar-refractivity contribution is -0.119. The number of fused-ring (bicyclic) bond motifs is 2. The van der Waals surface area contributed by atoms with Gasteiger partial charge in [-0.3, -0.25) is 9.69 Å². The number of amides is 1. The van der Waals surface area contributed by atoms with E-state index in [2.05, 4.69) is 10.2 Å². The third kappa shape index (κ3) is 2.89. The van der Waals surface area contributed by atoms with Crippen LogP contribution in [0.5, 0.6) is 0 Å². The Morgan fingerprint density at radius 2 is 2.05 bits per heavy atom. The number of anilines is 2. The van der Waals surface area contributed by atoms with E-state index in [-0.39, 0.29) is 12.0 Å². The summed E-state index contributed by atoms with van der Waals surface area (Å²) in [4.78, 5) is 14.6. The summed E-state index contributed by atoms with van der Waals surface area (Å²) < 4.78 is 0. The Balaban J connectivity index is 1.65. The summed E-state index contributed by atoms with van der Waals surface area (Å²) in [6.07, 6.45) is 3.55. The number of aliphatic hydroxyl groups excluding tert-OH is 1. The molecule has 1 aromatic rings. The van der Waals surface area contributed by atoms with E-state index >= 15 is 0 Å². The summed E-state index contributed by atoms with van der Waals surface area (Å²) in [7, 11) is 0. The fraction of sp³-hybridized carbons (Fsp3) is 0.562. The molecule has 5 heteroatoms. The fourth-order valence-corrected chi connectivity index (χ4v) is 3.71. The predicted molar refractivity (Wildman–Crippen MR) is 83.0 cm³/mol. The number of nitrogens with one attached hydrogen (secondary N) is 1. The van der Waals surface area contributed by atoms with Crippen LogP contribution in [-0.2, 0) is 4.79 Å². The van der Waals surface area contributed by atoms with Crippen LogP contribution in [0.4, 0.5) is 11.4 Å². The number of hydrogen-bond acceptors (Lipinski definition) is 4. The van der Waals surface area contributed by atoms with Crippen LogP contribution in [0.25, 0.3) is 0 Å². The maximum absolute atomic E-state index is 12.3. The van der Waals surface area contributed by atoms with Gasteiger partial charge in [0.1, 0.15) is 0 Å². The number of aliphatic hydroxyl groups is 1. The standard InChI is InChI=1S/C16H23N3O2/c1-10-3-2-4-14(17)16(10)18-15(21)9-19-11-5-6-12(19)8-13(20)7-11/h2-4,11-13,20H,5-9,17H2,1H3,(H,18,21). The second-order valence-electron chi connectivity index (χ2n) is 6.27. The van der Waals surface area contributed by atoms with Crippen molar-refractivity contribution < 1.29 is 9.90 Å². The van der Waals surface area contributed by atoms with Crippen molar-refractivity contribution in [2.75, 3.05) is 17.6 Å². The zero-order valence-electron chi connectivity index (χ0n) is 12.4. The van der Waals surface area contributed by atoms with Crippen molar-refractivity contribution in [1.82, 2.24) is 4.90 Å². The number of aryl methyl sites for hydroxylation is 1. The number of carbonyl (C=O) groups excluding carboxylic acids is 1. The summed E-state index contributed by atoms with van der Waals surface area (Å²) in [5, 5.41) is 12.7. The van der Waals surface area contributed by atoms with Crippen molar-refractivity contribution in [2.45, 2.75) is 50.8 Å². The van der Waals surface area contributed by atoms with Crippen molar-refractivity contribution in [2.24, 2.45) is 0 Å². The minimum Gasteiger partial charge on any atom is -0.397 e. The van der Waals surface area contributed by atoms with Crippen LogP contribution in [0.3, 0.4) is 0 Å². The first-order valence-corrected chi connectivity index (χ1v) is 7.63. The van der Waals surface area contributed by atoms with Gasteiger partial charge < -0.3 is 16.2 Å². The van der Waals surface area contributed by atoms with E-state index in [0.717, 1.165) is 31.2 Å². The Morgan fingerprint density at radius 3 is 2.67 bits per heavy atom. The number of hydrogen-bond donors (Lipinski definition) is 3. The molecule has 0 aromatic heterocycles. The van der Waals surface area contributed by atoms with E-state index in [9.17, 15) is 9.90 Å². The molecule has 3 rings (SSSR count). The Hall–Kier alpha value is -1.59. The Morgan fingerprint density at radius 1 is 1.38 bits per heavy atom. The van der Waals surface area contributed by atoms with Gasteiger partial charge in [-0.25, -0.2) is 0 Å². The molecule has 0 spiro atoms. The number of rotatable bonds is 3. The van der Waals surface area contributed by atoms with Crippen molar-refractivity contribution >= 4 is 17.3 Å². The summed E-state index contributed by atoms with van der Waals surface area (Å²) in [5.74, 6) is -0.0238. The smallest absolute Gasteiger partial charge is 0.238 e. The summed E-state index contributed by atoms with van der Waals surface area (Å²) >= 11 is 0. The van der Waals surface area contributed by atoms with Gasteiger partial charge in [0, 0.05) is 12.1 Å². The molecule has 2 fully saturated rings. The average molecular weight is 289 g/mol. The van der Waals surface area contributed by atoms with Crippen molar-refractivity contribution in [3.63, 3.8) is 0 Å². The molecule has 2 unspecified atom stereocenters. The molecule has 21 heavy (non-hydrogen) atoms. The molecule has 2 bridgehead atoms. The van der Waals surface area contributed by atoms with E-state index < -0.39 is 0 Å². The molecule has 5 nitrogen and oxygen atoms in total. The van der Waals surface area contributed by atoms with Crippen LogP contribution in [0.1, 0.15) is 31.2 Å². The van der Waals surface area contributed by atoms with Crippen LogP contribution in [-0.4, -0.2) is 40.6 Å². The maximum Gasteiger partial charge on any atom is 0.238 e. The highest BCUT2D eigenvalue weighted by molar-refractivity contribution is 5.96. The summed E-state index contributed by atoms with van der Waals surface area (Å²) in [6.45, 7) is 2.32. The molecular weight excluding hydrogens is 266 g/mol. The largest absolute Gasteiger partial charge is 0.397 e. The Labute approximate surface area is 125 Å². The Kier molecular flexibility index (Phi) is 3.87. The molecule has 1 aromatic carbocycles. The molecule has 0 radical (unpaired) electrons. The monoisotopic (exact) mass is 289 g/mol. The first-order valence-electron chi connectivity index (χ1n) is 7.63. The molecule has 2 aliphatic heterocycles. The molecule has 2 heterocycles. The second kappa shape index (κ2) is 5.66. The lowest BCUT2D eigenvalue weighted by Crippen LogP contribution is -2.47. The van der Waals surface area contributed by atoms with Crippen LogP contribution < -0.4 is 11.1 Å². The number of nitrogens with two attached hydrogens (primary N) is 1. The highest BCUT2D eigenvalue weighted by Crippen LogP contribution is 2.35. The van der Waals surface area contributed by atoms with Crippen LogP contribution in [0.15, 0.2) is 18.2 Å². The van der Waals surface area contributed by atoms with E-state index in [1.54, 1.807) is 6.07 Å². The van der Waals surface area contributed by atoms with E-state index in [1.165, 1.54) is 0 Å². The quantitative estimate of drug-likeness (QED) is 0.737. The molecule has 1 amide bonds. The molecule has 2 saturated heterocycles. The zero-order chi connectivity index (χ0) is 15.0. The van der Waals surface area contributed by atoms with Gasteiger partial charge in [-0.1, -0.05) is 12.1 Å². The first-order chi connectivity index (χ1) is 10.0. The highest BCUT2D eigenvalue weighted by atomic mass is 16.3. The summed E-state index contributed by atoms with van der Waals surface area (Å²) in [6, 6.07) is 6.31. The maximum atomic E-state index is 12.3. The third-order valence-electron chi connectivity index (χ3n) is 4.76. The molecule has 4 N–H and O–H groups in total. The topological polar surface area (TPSA) is 78.6 Å². The molecule has 2 atom stereocenters. The lowest BCUT2D eigenvalue weighted by Gasteiger charge is -2.36. The lowest BCUT2D eigenvalue weighted by atomic mass is 10.00. The van der Waals surface area contributed by atoms with E-state index in [4.69, 9.17) is 5.73 Å². The van der Waals surface area contributed by atoms with Crippen molar-refractivity contribution in [3.8, 4) is 0 Å². The van der Waals surface area contributed by atoms with Gasteiger partial charge in [-0.05, 0) is 44.2 Å². The van der Waals surface area contributed by atoms with E-state index in [1.807, 2.05) is 19.1 Å². The van der Waals surface area contributed by atoms with Gasteiger partial charge in [-0.15, -0.1) is 0 Å². The number of benzene rings is 1. The molecule has 114 valence electrons.